The minimum Gasteiger partial charge on any atom is -0.324 e. The van der Waals surface area contributed by atoms with Gasteiger partial charge < -0.3 is 5.32 Å². The topological polar surface area (TPSA) is 110 Å². The molecule has 0 saturated heterocycles. The molecule has 144 valence electrons. The monoisotopic (exact) mass is 395 g/mol. The highest BCUT2D eigenvalue weighted by molar-refractivity contribution is 7.92. The predicted molar refractivity (Wildman–Crippen MR) is 99.6 cm³/mol. The second-order valence-electron chi connectivity index (χ2n) is 5.93. The van der Waals surface area contributed by atoms with Gasteiger partial charge in [0.25, 0.3) is 5.69 Å². The number of amides is 1. The van der Waals surface area contributed by atoms with Crippen molar-refractivity contribution in [3.63, 3.8) is 0 Å². The number of aryl methyl sites for hydroxylation is 1. The molecule has 0 unspecified atom stereocenters. The van der Waals surface area contributed by atoms with Crippen LogP contribution in [0.4, 0.5) is 21.5 Å². The summed E-state index contributed by atoms with van der Waals surface area (Å²) in [5, 5.41) is 13.4. The molecule has 0 aromatic heterocycles. The molecular weight excluding hydrogens is 377 g/mol. The van der Waals surface area contributed by atoms with Crippen LogP contribution in [-0.2, 0) is 14.8 Å². The van der Waals surface area contributed by atoms with E-state index in [-0.39, 0.29) is 17.1 Å². The Balaban J connectivity index is 2.38. The highest BCUT2D eigenvalue weighted by Crippen LogP contribution is 2.26. The Morgan fingerprint density at radius 2 is 1.89 bits per heavy atom. The molecule has 2 rings (SSSR count). The van der Waals surface area contributed by atoms with Gasteiger partial charge in [-0.05, 0) is 31.5 Å². The van der Waals surface area contributed by atoms with Crippen LogP contribution >= 0.6 is 0 Å². The summed E-state index contributed by atoms with van der Waals surface area (Å²) < 4.78 is 39.2. The Hall–Kier alpha value is -3.01. The zero-order valence-electron chi connectivity index (χ0n) is 14.8. The average Bonchev–Trinajstić information content (AvgIpc) is 2.57. The van der Waals surface area contributed by atoms with Crippen molar-refractivity contribution in [3.05, 3.63) is 64.0 Å². The summed E-state index contributed by atoms with van der Waals surface area (Å²) in [6.45, 7) is 2.94. The molecule has 0 bridgehead atoms. The Labute approximate surface area is 155 Å². The van der Waals surface area contributed by atoms with Gasteiger partial charge in [0.2, 0.25) is 15.9 Å². The van der Waals surface area contributed by atoms with Crippen LogP contribution in [-0.4, -0.2) is 31.5 Å². The van der Waals surface area contributed by atoms with E-state index in [0.29, 0.717) is 9.87 Å². The summed E-state index contributed by atoms with van der Waals surface area (Å²) in [4.78, 5) is 22.9. The maximum absolute atomic E-state index is 14.1. The van der Waals surface area contributed by atoms with Crippen LogP contribution in [0.3, 0.4) is 0 Å². The number of carbonyl (C=O) groups excluding carboxylic acids is 1. The average molecular weight is 395 g/mol. The third-order valence-electron chi connectivity index (χ3n) is 3.87. The lowest BCUT2D eigenvalue weighted by molar-refractivity contribution is -0.384. The van der Waals surface area contributed by atoms with Crippen molar-refractivity contribution < 1.29 is 22.5 Å². The van der Waals surface area contributed by atoms with E-state index >= 15 is 0 Å². The molecule has 0 fully saturated rings. The standard InChI is InChI=1S/C17H18FN3O5S/c1-11-8-9-13(21(23)24)10-15(11)19-17(22)12(2)20(27(3,25)26)16-7-5-4-6-14(16)18/h4-10,12H,1-3H3,(H,19,22)/t12-/m1/s1. The third kappa shape index (κ3) is 4.59. The van der Waals surface area contributed by atoms with E-state index in [9.17, 15) is 27.7 Å². The molecule has 2 aromatic rings. The highest BCUT2D eigenvalue weighted by atomic mass is 32.2. The minimum atomic E-state index is -3.98. The molecule has 8 nitrogen and oxygen atoms in total. The number of benzene rings is 2. The number of nitrogens with zero attached hydrogens (tertiary/aromatic N) is 2. The molecule has 0 spiro atoms. The molecule has 0 radical (unpaired) electrons. The van der Waals surface area contributed by atoms with Crippen molar-refractivity contribution in [1.82, 2.24) is 0 Å². The largest absolute Gasteiger partial charge is 0.324 e. The second kappa shape index (κ2) is 7.70. The number of halogens is 1. The van der Waals surface area contributed by atoms with Gasteiger partial charge in [0, 0.05) is 12.1 Å². The first kappa shape index (κ1) is 20.3. The summed E-state index contributed by atoms with van der Waals surface area (Å²) in [6, 6.07) is 7.81. The smallest absolute Gasteiger partial charge is 0.271 e. The lowest BCUT2D eigenvalue weighted by Crippen LogP contribution is -2.45. The SMILES string of the molecule is Cc1ccc([N+](=O)[O-])cc1NC(=O)[C@@H](C)N(c1ccccc1F)S(C)(=O)=O. The van der Waals surface area contributed by atoms with Crippen molar-refractivity contribution in [1.29, 1.82) is 0 Å². The van der Waals surface area contributed by atoms with E-state index in [2.05, 4.69) is 5.32 Å². The highest BCUT2D eigenvalue weighted by Gasteiger charge is 2.31. The number of nitro groups is 1. The van der Waals surface area contributed by atoms with Gasteiger partial charge >= 0.3 is 0 Å². The first-order chi connectivity index (χ1) is 12.5. The summed E-state index contributed by atoms with van der Waals surface area (Å²) in [5.74, 6) is -1.55. The fourth-order valence-electron chi connectivity index (χ4n) is 2.51. The number of hydrogen-bond donors (Lipinski definition) is 1. The Kier molecular flexibility index (Phi) is 5.79. The quantitative estimate of drug-likeness (QED) is 0.597. The Morgan fingerprint density at radius 3 is 2.44 bits per heavy atom. The summed E-state index contributed by atoms with van der Waals surface area (Å²) in [7, 11) is -3.98. The molecule has 27 heavy (non-hydrogen) atoms. The molecule has 0 aliphatic rings. The number of nitro benzene ring substituents is 1. The maximum atomic E-state index is 14.1. The van der Waals surface area contributed by atoms with Crippen molar-refractivity contribution in [2.45, 2.75) is 19.9 Å². The number of para-hydroxylation sites is 1. The number of sulfonamides is 1. The van der Waals surface area contributed by atoms with E-state index in [1.165, 1.54) is 43.3 Å². The molecule has 0 aliphatic heterocycles. The van der Waals surface area contributed by atoms with Gasteiger partial charge in [0.1, 0.15) is 11.9 Å². The fraction of sp³-hybridized carbons (Fsp3) is 0.235. The first-order valence-electron chi connectivity index (χ1n) is 7.82. The number of non-ortho nitro benzene ring substituents is 1. The molecule has 1 amide bonds. The van der Waals surface area contributed by atoms with Gasteiger partial charge in [-0.15, -0.1) is 0 Å². The van der Waals surface area contributed by atoms with Crippen LogP contribution in [0.5, 0.6) is 0 Å². The molecule has 0 aliphatic carbocycles. The normalized spacial score (nSPS) is 12.3. The summed E-state index contributed by atoms with van der Waals surface area (Å²) in [6.07, 6.45) is 0.863. The summed E-state index contributed by atoms with van der Waals surface area (Å²) >= 11 is 0. The number of nitrogens with one attached hydrogen (secondary N) is 1. The molecule has 0 heterocycles. The van der Waals surface area contributed by atoms with Gasteiger partial charge in [0.05, 0.1) is 22.6 Å². The van der Waals surface area contributed by atoms with Crippen LogP contribution in [0.1, 0.15) is 12.5 Å². The number of rotatable bonds is 6. The van der Waals surface area contributed by atoms with Crippen LogP contribution in [0.15, 0.2) is 42.5 Å². The van der Waals surface area contributed by atoms with Crippen molar-refractivity contribution in [2.24, 2.45) is 0 Å². The zero-order chi connectivity index (χ0) is 20.4. The number of anilines is 2. The van der Waals surface area contributed by atoms with E-state index in [1.807, 2.05) is 0 Å². The molecule has 2 aromatic carbocycles. The van der Waals surface area contributed by atoms with E-state index in [4.69, 9.17) is 0 Å². The fourth-order valence-corrected chi connectivity index (χ4v) is 3.68. The van der Waals surface area contributed by atoms with Crippen LogP contribution in [0.2, 0.25) is 0 Å². The number of hydrogen-bond acceptors (Lipinski definition) is 5. The second-order valence-corrected chi connectivity index (χ2v) is 7.79. The van der Waals surface area contributed by atoms with Crippen LogP contribution in [0, 0.1) is 22.9 Å². The third-order valence-corrected chi connectivity index (χ3v) is 5.10. The Morgan fingerprint density at radius 1 is 1.26 bits per heavy atom. The summed E-state index contributed by atoms with van der Waals surface area (Å²) in [5.41, 5.74) is 0.233. The molecule has 1 N–H and O–H groups in total. The first-order valence-corrected chi connectivity index (χ1v) is 9.67. The van der Waals surface area contributed by atoms with Gasteiger partial charge in [0.15, 0.2) is 0 Å². The number of carbonyl (C=O) groups is 1. The van der Waals surface area contributed by atoms with E-state index in [0.717, 1.165) is 12.3 Å². The van der Waals surface area contributed by atoms with Crippen molar-refractivity contribution >= 4 is 33.0 Å². The van der Waals surface area contributed by atoms with Gasteiger partial charge in [-0.1, -0.05) is 18.2 Å². The van der Waals surface area contributed by atoms with Gasteiger partial charge in [-0.3, -0.25) is 19.2 Å². The molecule has 0 saturated carbocycles. The zero-order valence-corrected chi connectivity index (χ0v) is 15.7. The van der Waals surface area contributed by atoms with E-state index < -0.39 is 32.7 Å². The Bertz CT molecular complexity index is 994. The van der Waals surface area contributed by atoms with Gasteiger partial charge in [-0.25, -0.2) is 12.8 Å². The minimum absolute atomic E-state index is 0.169. The molecule has 10 heteroatoms. The van der Waals surface area contributed by atoms with Gasteiger partial charge in [-0.2, -0.15) is 0 Å². The lowest BCUT2D eigenvalue weighted by Gasteiger charge is -2.28. The lowest BCUT2D eigenvalue weighted by atomic mass is 10.1. The maximum Gasteiger partial charge on any atom is 0.271 e. The predicted octanol–water partition coefficient (Wildman–Crippen LogP) is 2.84. The molecular formula is C17H18FN3O5S. The van der Waals surface area contributed by atoms with Crippen molar-refractivity contribution in [3.8, 4) is 0 Å². The van der Waals surface area contributed by atoms with E-state index in [1.54, 1.807) is 6.92 Å². The van der Waals surface area contributed by atoms with Crippen LogP contribution in [0.25, 0.3) is 0 Å². The molecule has 1 atom stereocenters. The van der Waals surface area contributed by atoms with Crippen molar-refractivity contribution in [2.75, 3.05) is 15.9 Å². The van der Waals surface area contributed by atoms with Crippen LogP contribution < -0.4 is 9.62 Å².